The van der Waals surface area contributed by atoms with Crippen LogP contribution in [0.25, 0.3) is 0 Å². The maximum atomic E-state index is 12.7. The van der Waals surface area contributed by atoms with Gasteiger partial charge in [-0.3, -0.25) is 10.1 Å². The maximum Gasteiger partial charge on any atom is 0.289 e. The molecule has 0 bridgehead atoms. The van der Waals surface area contributed by atoms with E-state index >= 15 is 0 Å². The summed E-state index contributed by atoms with van der Waals surface area (Å²) >= 11 is 0. The zero-order valence-electron chi connectivity index (χ0n) is 11.2. The van der Waals surface area contributed by atoms with Crippen LogP contribution >= 0.6 is 0 Å². The van der Waals surface area contributed by atoms with Gasteiger partial charge < -0.3 is 10.1 Å². The van der Waals surface area contributed by atoms with E-state index in [0.717, 1.165) is 0 Å². The zero-order chi connectivity index (χ0) is 15.1. The van der Waals surface area contributed by atoms with E-state index in [1.807, 2.05) is 0 Å². The summed E-state index contributed by atoms with van der Waals surface area (Å²) in [5.41, 5.74) is -0.890. The fourth-order valence-corrected chi connectivity index (χ4v) is 4.25. The van der Waals surface area contributed by atoms with E-state index in [1.54, 1.807) is 0 Å². The summed E-state index contributed by atoms with van der Waals surface area (Å²) in [5, 5.41) is 14.1. The summed E-state index contributed by atoms with van der Waals surface area (Å²) in [7, 11) is -3.90. The van der Waals surface area contributed by atoms with Crippen molar-refractivity contribution in [1.82, 2.24) is 9.62 Å². The average Bonchev–Trinajstić information content (AvgIpc) is 2.45. The third-order valence-corrected chi connectivity index (χ3v) is 5.68. The number of nitrogens with zero attached hydrogens (tertiary/aromatic N) is 2. The highest BCUT2D eigenvalue weighted by Crippen LogP contribution is 2.30. The van der Waals surface area contributed by atoms with Crippen molar-refractivity contribution in [2.24, 2.45) is 0 Å². The van der Waals surface area contributed by atoms with E-state index in [9.17, 15) is 18.5 Å². The molecule has 9 heteroatoms. The van der Waals surface area contributed by atoms with E-state index in [2.05, 4.69) is 5.32 Å². The predicted molar refractivity (Wildman–Crippen MR) is 73.4 cm³/mol. The molecule has 0 atom stereocenters. The Kier molecular flexibility index (Phi) is 3.44. The monoisotopic (exact) mass is 313 g/mol. The molecule has 2 aliphatic heterocycles. The first-order valence-electron chi connectivity index (χ1n) is 6.53. The van der Waals surface area contributed by atoms with Crippen LogP contribution in [-0.4, -0.2) is 56.0 Å². The van der Waals surface area contributed by atoms with E-state index in [0.29, 0.717) is 19.7 Å². The molecule has 21 heavy (non-hydrogen) atoms. The molecule has 0 aliphatic carbocycles. The molecule has 2 saturated heterocycles. The number of ether oxygens (including phenoxy) is 1. The number of rotatable bonds is 3. The minimum Gasteiger partial charge on any atom is -0.370 e. The Labute approximate surface area is 121 Å². The standard InChI is InChI=1S/C12H15N3O5S/c16-15(17)10-3-1-2-4-11(10)21(18,19)14-5-6-20-12(9-14)7-13-8-12/h1-4,13H,5-9H2. The van der Waals surface area contributed by atoms with E-state index in [4.69, 9.17) is 4.74 Å². The molecular weight excluding hydrogens is 298 g/mol. The lowest BCUT2D eigenvalue weighted by Gasteiger charge is -2.48. The van der Waals surface area contributed by atoms with Crippen LogP contribution in [0, 0.1) is 10.1 Å². The van der Waals surface area contributed by atoms with Crippen molar-refractivity contribution in [3.8, 4) is 0 Å². The van der Waals surface area contributed by atoms with Crippen molar-refractivity contribution in [1.29, 1.82) is 0 Å². The average molecular weight is 313 g/mol. The molecule has 0 unspecified atom stereocenters. The van der Waals surface area contributed by atoms with E-state index < -0.39 is 26.2 Å². The first kappa shape index (κ1) is 14.4. The molecule has 114 valence electrons. The number of nitro benzene ring substituents is 1. The van der Waals surface area contributed by atoms with Crippen LogP contribution < -0.4 is 5.32 Å². The topological polar surface area (TPSA) is 102 Å². The highest BCUT2D eigenvalue weighted by molar-refractivity contribution is 7.89. The quantitative estimate of drug-likeness (QED) is 0.620. The van der Waals surface area contributed by atoms with Crippen LogP contribution in [0.15, 0.2) is 29.2 Å². The fourth-order valence-electron chi connectivity index (χ4n) is 2.60. The molecule has 0 amide bonds. The van der Waals surface area contributed by atoms with Crippen LogP contribution in [0.1, 0.15) is 0 Å². The number of para-hydroxylation sites is 1. The summed E-state index contributed by atoms with van der Waals surface area (Å²) in [6.45, 7) is 1.90. The van der Waals surface area contributed by atoms with Crippen molar-refractivity contribution >= 4 is 15.7 Å². The second-order valence-corrected chi connectivity index (χ2v) is 7.10. The number of hydrogen-bond donors (Lipinski definition) is 1. The minimum atomic E-state index is -3.90. The number of nitro groups is 1. The Balaban J connectivity index is 1.95. The van der Waals surface area contributed by atoms with Crippen LogP contribution in [0.2, 0.25) is 0 Å². The van der Waals surface area contributed by atoms with Crippen molar-refractivity contribution in [3.05, 3.63) is 34.4 Å². The molecule has 2 aliphatic rings. The van der Waals surface area contributed by atoms with Crippen molar-refractivity contribution < 1.29 is 18.1 Å². The van der Waals surface area contributed by atoms with Crippen molar-refractivity contribution in [2.45, 2.75) is 10.5 Å². The zero-order valence-corrected chi connectivity index (χ0v) is 12.0. The Bertz CT molecular complexity index is 671. The Morgan fingerprint density at radius 2 is 2.05 bits per heavy atom. The third kappa shape index (κ3) is 2.42. The first-order chi connectivity index (χ1) is 9.95. The van der Waals surface area contributed by atoms with Gasteiger partial charge in [-0.05, 0) is 6.07 Å². The lowest BCUT2D eigenvalue weighted by atomic mass is 9.96. The normalized spacial score (nSPS) is 21.9. The van der Waals surface area contributed by atoms with Crippen molar-refractivity contribution in [2.75, 3.05) is 32.8 Å². The van der Waals surface area contributed by atoms with Gasteiger partial charge in [0.05, 0.1) is 11.5 Å². The second kappa shape index (κ2) is 5.02. The number of nitrogens with one attached hydrogen (secondary N) is 1. The van der Waals surface area contributed by atoms with Gasteiger partial charge in [-0.25, -0.2) is 8.42 Å². The van der Waals surface area contributed by atoms with Gasteiger partial charge in [0.2, 0.25) is 10.0 Å². The smallest absolute Gasteiger partial charge is 0.289 e. The molecule has 1 aromatic carbocycles. The molecule has 1 aromatic rings. The largest absolute Gasteiger partial charge is 0.370 e. The predicted octanol–water partition coefficient (Wildman–Crippen LogP) is -0.0423. The van der Waals surface area contributed by atoms with Gasteiger partial charge in [-0.2, -0.15) is 4.31 Å². The molecule has 8 nitrogen and oxygen atoms in total. The molecule has 1 spiro atoms. The molecule has 0 radical (unpaired) electrons. The minimum absolute atomic E-state index is 0.204. The van der Waals surface area contributed by atoms with Gasteiger partial charge in [-0.1, -0.05) is 12.1 Å². The van der Waals surface area contributed by atoms with Gasteiger partial charge in [-0.15, -0.1) is 0 Å². The molecule has 3 rings (SSSR count). The van der Waals surface area contributed by atoms with E-state index in [-0.39, 0.29) is 18.0 Å². The Morgan fingerprint density at radius 3 is 2.67 bits per heavy atom. The highest BCUT2D eigenvalue weighted by Gasteiger charge is 2.46. The van der Waals surface area contributed by atoms with Gasteiger partial charge in [0.15, 0.2) is 4.90 Å². The summed E-state index contributed by atoms with van der Waals surface area (Å²) in [6.07, 6.45) is 0. The Morgan fingerprint density at radius 1 is 1.33 bits per heavy atom. The molecule has 2 fully saturated rings. The van der Waals surface area contributed by atoms with Gasteiger partial charge in [0, 0.05) is 32.2 Å². The summed E-state index contributed by atoms with van der Waals surface area (Å²) in [4.78, 5) is 10.1. The molecule has 0 aromatic heterocycles. The lowest BCUT2D eigenvalue weighted by Crippen LogP contribution is -2.69. The van der Waals surface area contributed by atoms with Crippen LogP contribution in [-0.2, 0) is 14.8 Å². The van der Waals surface area contributed by atoms with Crippen LogP contribution in [0.4, 0.5) is 5.69 Å². The summed E-state index contributed by atoms with van der Waals surface area (Å²) < 4.78 is 32.3. The summed E-state index contributed by atoms with van der Waals surface area (Å²) in [5.74, 6) is 0. The molecule has 2 heterocycles. The van der Waals surface area contributed by atoms with Gasteiger partial charge in [0.25, 0.3) is 5.69 Å². The highest BCUT2D eigenvalue weighted by atomic mass is 32.2. The van der Waals surface area contributed by atoms with Crippen LogP contribution in [0.3, 0.4) is 0 Å². The first-order valence-corrected chi connectivity index (χ1v) is 7.97. The number of morpholine rings is 1. The number of benzene rings is 1. The molecule has 1 N–H and O–H groups in total. The van der Waals surface area contributed by atoms with Gasteiger partial charge in [0.1, 0.15) is 5.60 Å². The fraction of sp³-hybridized carbons (Fsp3) is 0.500. The van der Waals surface area contributed by atoms with Crippen molar-refractivity contribution in [3.63, 3.8) is 0 Å². The number of sulfonamides is 1. The lowest BCUT2D eigenvalue weighted by molar-refractivity contribution is -0.387. The second-order valence-electron chi connectivity index (χ2n) is 5.20. The molecular formula is C12H15N3O5S. The van der Waals surface area contributed by atoms with Crippen LogP contribution in [0.5, 0.6) is 0 Å². The van der Waals surface area contributed by atoms with E-state index in [1.165, 1.54) is 28.6 Å². The van der Waals surface area contributed by atoms with Gasteiger partial charge >= 0.3 is 0 Å². The summed E-state index contributed by atoms with van der Waals surface area (Å²) in [6, 6.07) is 5.41. The SMILES string of the molecule is O=[N+]([O-])c1ccccc1S(=O)(=O)N1CCOC2(CNC2)C1. The third-order valence-electron chi connectivity index (χ3n) is 3.79. The maximum absolute atomic E-state index is 12.7. The Hall–Kier alpha value is -1.55. The molecule has 0 saturated carbocycles. The number of hydrogen-bond acceptors (Lipinski definition) is 6.